The molecule has 0 radical (unpaired) electrons. The molecular weight excluding hydrogens is 307 g/mol. The van der Waals surface area contributed by atoms with Crippen LogP contribution in [0, 0.1) is 5.82 Å². The summed E-state index contributed by atoms with van der Waals surface area (Å²) in [6.07, 6.45) is 1.61. The highest BCUT2D eigenvalue weighted by atomic mass is 19.1. The van der Waals surface area contributed by atoms with Crippen molar-refractivity contribution >= 4 is 5.91 Å². The molecule has 1 aliphatic rings. The lowest BCUT2D eigenvalue weighted by atomic mass is 10.0. The highest BCUT2D eigenvalue weighted by molar-refractivity contribution is 5.95. The van der Waals surface area contributed by atoms with Crippen molar-refractivity contribution in [3.05, 3.63) is 47.5 Å². The van der Waals surface area contributed by atoms with Crippen LogP contribution in [0.3, 0.4) is 0 Å². The zero-order valence-electron chi connectivity index (χ0n) is 14.4. The van der Waals surface area contributed by atoms with Crippen LogP contribution >= 0.6 is 0 Å². The van der Waals surface area contributed by atoms with Crippen molar-refractivity contribution in [2.45, 2.75) is 19.8 Å². The molecule has 1 saturated heterocycles. The Kier molecular flexibility index (Phi) is 4.66. The van der Waals surface area contributed by atoms with Crippen molar-refractivity contribution in [3.8, 4) is 5.69 Å². The zero-order valence-corrected chi connectivity index (χ0v) is 14.4. The van der Waals surface area contributed by atoms with Crippen LogP contribution in [0.2, 0.25) is 0 Å². The molecule has 1 aromatic heterocycles. The lowest BCUT2D eigenvalue weighted by molar-refractivity contribution is 0.0662. The van der Waals surface area contributed by atoms with Crippen LogP contribution < -0.4 is 0 Å². The Balaban J connectivity index is 1.96. The summed E-state index contributed by atoms with van der Waals surface area (Å²) < 4.78 is 15.2. The van der Waals surface area contributed by atoms with Crippen LogP contribution in [0.1, 0.15) is 35.8 Å². The summed E-state index contributed by atoms with van der Waals surface area (Å²) in [5.74, 6) is -0.207. The second-order valence-electron chi connectivity index (χ2n) is 6.59. The van der Waals surface area contributed by atoms with Gasteiger partial charge in [0.05, 0.1) is 23.1 Å². The van der Waals surface area contributed by atoms with Gasteiger partial charge in [-0.15, -0.1) is 0 Å². The van der Waals surface area contributed by atoms with Gasteiger partial charge in [0.15, 0.2) is 0 Å². The van der Waals surface area contributed by atoms with Crippen LogP contribution in [0.5, 0.6) is 0 Å². The fourth-order valence-electron chi connectivity index (χ4n) is 3.07. The molecule has 1 aliphatic heterocycles. The maximum Gasteiger partial charge on any atom is 0.257 e. The van der Waals surface area contributed by atoms with E-state index in [1.807, 2.05) is 18.7 Å². The minimum atomic E-state index is -0.315. The fraction of sp³-hybridized carbons (Fsp3) is 0.444. The Bertz CT molecular complexity index is 732. The largest absolute Gasteiger partial charge is 0.336 e. The molecule has 2 heterocycles. The van der Waals surface area contributed by atoms with Crippen LogP contribution in [0.25, 0.3) is 5.69 Å². The van der Waals surface area contributed by atoms with E-state index >= 15 is 0 Å². The van der Waals surface area contributed by atoms with Crippen molar-refractivity contribution in [1.29, 1.82) is 0 Å². The Morgan fingerprint density at radius 3 is 2.54 bits per heavy atom. The molecule has 0 unspecified atom stereocenters. The van der Waals surface area contributed by atoms with E-state index < -0.39 is 0 Å². The number of benzene rings is 1. The third-order valence-corrected chi connectivity index (χ3v) is 4.43. The van der Waals surface area contributed by atoms with Gasteiger partial charge in [0.25, 0.3) is 5.91 Å². The average molecular weight is 330 g/mol. The fourth-order valence-corrected chi connectivity index (χ4v) is 3.07. The number of amides is 1. The Morgan fingerprint density at radius 1 is 1.21 bits per heavy atom. The van der Waals surface area contributed by atoms with Crippen LogP contribution in [0.15, 0.2) is 30.5 Å². The topological polar surface area (TPSA) is 41.4 Å². The molecule has 1 aromatic carbocycles. The number of aromatic nitrogens is 2. The number of carbonyl (C=O) groups excluding carboxylic acids is 1. The van der Waals surface area contributed by atoms with E-state index in [1.165, 1.54) is 12.1 Å². The number of likely N-dealkylation sites (N-methyl/N-ethyl adjacent to an activating group) is 1. The summed E-state index contributed by atoms with van der Waals surface area (Å²) in [6.45, 7) is 7.23. The molecule has 3 rings (SSSR count). The number of piperazine rings is 1. The summed E-state index contributed by atoms with van der Waals surface area (Å²) in [6, 6.07) is 6.28. The normalized spacial score (nSPS) is 16.0. The van der Waals surface area contributed by atoms with Gasteiger partial charge < -0.3 is 9.80 Å². The van der Waals surface area contributed by atoms with Gasteiger partial charge >= 0.3 is 0 Å². The Morgan fingerprint density at radius 2 is 1.92 bits per heavy atom. The first-order valence-electron chi connectivity index (χ1n) is 8.29. The summed E-state index contributed by atoms with van der Waals surface area (Å²) in [5.41, 5.74) is 2.07. The van der Waals surface area contributed by atoms with Gasteiger partial charge in [-0.3, -0.25) is 4.79 Å². The first-order chi connectivity index (χ1) is 11.5. The third-order valence-electron chi connectivity index (χ3n) is 4.43. The molecule has 2 aromatic rings. The predicted octanol–water partition coefficient (Wildman–Crippen LogP) is 2.52. The molecule has 24 heavy (non-hydrogen) atoms. The highest BCUT2D eigenvalue weighted by Gasteiger charge is 2.26. The van der Waals surface area contributed by atoms with Crippen molar-refractivity contribution in [2.24, 2.45) is 0 Å². The molecule has 6 heteroatoms. The van der Waals surface area contributed by atoms with E-state index in [9.17, 15) is 9.18 Å². The van der Waals surface area contributed by atoms with Gasteiger partial charge in [-0.2, -0.15) is 5.10 Å². The van der Waals surface area contributed by atoms with E-state index in [1.54, 1.807) is 23.0 Å². The lowest BCUT2D eigenvalue weighted by Crippen LogP contribution is -2.47. The Labute approximate surface area is 141 Å². The van der Waals surface area contributed by atoms with Gasteiger partial charge in [-0.05, 0) is 31.2 Å². The first-order valence-corrected chi connectivity index (χ1v) is 8.29. The van der Waals surface area contributed by atoms with Crippen LogP contribution in [-0.2, 0) is 0 Å². The van der Waals surface area contributed by atoms with Gasteiger partial charge in [0, 0.05) is 26.2 Å². The second-order valence-corrected chi connectivity index (χ2v) is 6.59. The minimum Gasteiger partial charge on any atom is -0.336 e. The number of carbonyl (C=O) groups is 1. The summed E-state index contributed by atoms with van der Waals surface area (Å²) in [5, 5.41) is 4.37. The van der Waals surface area contributed by atoms with Crippen LogP contribution in [0.4, 0.5) is 4.39 Å². The first kappa shape index (κ1) is 16.6. The average Bonchev–Trinajstić information content (AvgIpc) is 3.00. The van der Waals surface area contributed by atoms with E-state index in [2.05, 4.69) is 17.0 Å². The lowest BCUT2D eigenvalue weighted by Gasteiger charge is -2.32. The Hall–Kier alpha value is -2.21. The van der Waals surface area contributed by atoms with E-state index in [0.717, 1.165) is 31.9 Å². The zero-order chi connectivity index (χ0) is 17.3. The minimum absolute atomic E-state index is 0.00875. The molecular formula is C18H23FN4O. The summed E-state index contributed by atoms with van der Waals surface area (Å²) in [4.78, 5) is 17.0. The molecule has 0 atom stereocenters. The third kappa shape index (κ3) is 3.19. The van der Waals surface area contributed by atoms with Gasteiger partial charge in [0.1, 0.15) is 5.82 Å². The number of nitrogens with zero attached hydrogens (tertiary/aromatic N) is 4. The molecule has 1 amide bonds. The quantitative estimate of drug-likeness (QED) is 0.868. The number of rotatable bonds is 3. The van der Waals surface area contributed by atoms with E-state index in [-0.39, 0.29) is 17.6 Å². The monoisotopic (exact) mass is 330 g/mol. The molecule has 0 aliphatic carbocycles. The maximum absolute atomic E-state index is 13.6. The summed E-state index contributed by atoms with van der Waals surface area (Å²) >= 11 is 0. The van der Waals surface area contributed by atoms with Crippen molar-refractivity contribution in [3.63, 3.8) is 0 Å². The van der Waals surface area contributed by atoms with Crippen molar-refractivity contribution in [1.82, 2.24) is 19.6 Å². The molecule has 128 valence electrons. The maximum atomic E-state index is 13.6. The molecule has 5 nitrogen and oxygen atoms in total. The van der Waals surface area contributed by atoms with Gasteiger partial charge in [-0.25, -0.2) is 9.07 Å². The predicted molar refractivity (Wildman–Crippen MR) is 91.0 cm³/mol. The van der Waals surface area contributed by atoms with Crippen molar-refractivity contribution in [2.75, 3.05) is 33.2 Å². The number of hydrogen-bond donors (Lipinski definition) is 0. The van der Waals surface area contributed by atoms with E-state index in [4.69, 9.17) is 0 Å². The SMILES string of the molecule is CC(C)c1c(C(=O)N2CCN(C)CC2)cnn1-c1cccc(F)c1. The smallest absolute Gasteiger partial charge is 0.257 e. The highest BCUT2D eigenvalue weighted by Crippen LogP contribution is 2.25. The van der Waals surface area contributed by atoms with Crippen LogP contribution in [-0.4, -0.2) is 58.7 Å². The van der Waals surface area contributed by atoms with Gasteiger partial charge in [-0.1, -0.05) is 19.9 Å². The van der Waals surface area contributed by atoms with E-state index in [0.29, 0.717) is 11.3 Å². The standard InChI is InChI=1S/C18H23FN4O/c1-13(2)17-16(18(24)22-9-7-21(3)8-10-22)12-20-23(17)15-6-4-5-14(19)11-15/h4-6,11-13H,7-10H2,1-3H3. The molecule has 0 spiro atoms. The van der Waals surface area contributed by atoms with Gasteiger partial charge in [0.2, 0.25) is 0 Å². The molecule has 0 saturated carbocycles. The number of halogens is 1. The summed E-state index contributed by atoms with van der Waals surface area (Å²) in [7, 11) is 2.06. The number of hydrogen-bond acceptors (Lipinski definition) is 3. The molecule has 0 bridgehead atoms. The molecule has 1 fully saturated rings. The molecule has 0 N–H and O–H groups in total. The van der Waals surface area contributed by atoms with Crippen molar-refractivity contribution < 1.29 is 9.18 Å². The second kappa shape index (κ2) is 6.73.